The zero-order chi connectivity index (χ0) is 19.4. The smallest absolute Gasteiger partial charge is 0.341 e. The van der Waals surface area contributed by atoms with Gasteiger partial charge >= 0.3 is 5.97 Å². The molecule has 2 heterocycles. The highest BCUT2D eigenvalue weighted by molar-refractivity contribution is 7.80. The van der Waals surface area contributed by atoms with Gasteiger partial charge in [-0.05, 0) is 62.4 Å². The number of aromatic nitrogens is 2. The van der Waals surface area contributed by atoms with E-state index in [-0.39, 0.29) is 5.97 Å². The molecule has 0 fully saturated rings. The van der Waals surface area contributed by atoms with Crippen molar-refractivity contribution >= 4 is 39.6 Å². The van der Waals surface area contributed by atoms with Gasteiger partial charge in [-0.15, -0.1) is 11.3 Å². The lowest BCUT2D eigenvalue weighted by Gasteiger charge is -2.18. The molecule has 0 aromatic carbocycles. The molecular weight excluding hydrogens is 380 g/mol. The molecule has 2 aromatic rings. The number of carbonyl (C=O) groups excluding carboxylic acids is 1. The molecule has 6 nitrogen and oxygen atoms in total. The van der Waals surface area contributed by atoms with E-state index in [1.54, 1.807) is 11.3 Å². The summed E-state index contributed by atoms with van der Waals surface area (Å²) in [7, 11) is 1.43. The van der Waals surface area contributed by atoms with Gasteiger partial charge in [-0.1, -0.05) is 6.92 Å². The van der Waals surface area contributed by atoms with E-state index >= 15 is 0 Å². The molecule has 1 atom stereocenters. The summed E-state index contributed by atoms with van der Waals surface area (Å²) in [6, 6.07) is 1.99. The highest BCUT2D eigenvalue weighted by atomic mass is 32.1. The van der Waals surface area contributed by atoms with Gasteiger partial charge in [0.25, 0.3) is 0 Å². The second-order valence-electron chi connectivity index (χ2n) is 6.98. The van der Waals surface area contributed by atoms with Gasteiger partial charge in [0.05, 0.1) is 12.7 Å². The standard InChI is InChI=1S/C19H26N4O2S2/c1-12-5-6-14-15(11-12)27-17(16(14)18(24)25-3)22-19(26)20-8-4-10-23-13(2)7-9-21-23/h7,9,12H,4-6,8,10-11H2,1-3H3,(H2,20,22,26). The molecule has 0 amide bonds. The van der Waals surface area contributed by atoms with Crippen molar-refractivity contribution in [1.82, 2.24) is 15.1 Å². The fourth-order valence-electron chi connectivity index (χ4n) is 3.37. The zero-order valence-electron chi connectivity index (χ0n) is 16.0. The first kappa shape index (κ1) is 19.8. The molecule has 1 aliphatic rings. The van der Waals surface area contributed by atoms with Gasteiger partial charge in [0.15, 0.2) is 5.11 Å². The summed E-state index contributed by atoms with van der Waals surface area (Å²) in [5.74, 6) is 0.354. The molecule has 146 valence electrons. The van der Waals surface area contributed by atoms with Crippen molar-refractivity contribution in [2.24, 2.45) is 5.92 Å². The molecule has 0 radical (unpaired) electrons. The maximum Gasteiger partial charge on any atom is 0.341 e. The number of nitrogens with one attached hydrogen (secondary N) is 2. The Kier molecular flexibility index (Phi) is 6.49. The summed E-state index contributed by atoms with van der Waals surface area (Å²) in [4.78, 5) is 13.6. The van der Waals surface area contributed by atoms with Crippen LogP contribution >= 0.6 is 23.6 Å². The van der Waals surface area contributed by atoms with Gasteiger partial charge in [-0.2, -0.15) is 5.10 Å². The highest BCUT2D eigenvalue weighted by Crippen LogP contribution is 2.39. The average molecular weight is 407 g/mol. The van der Waals surface area contributed by atoms with Crippen molar-refractivity contribution in [3.8, 4) is 0 Å². The molecule has 8 heteroatoms. The van der Waals surface area contributed by atoms with Crippen LogP contribution in [-0.4, -0.2) is 34.5 Å². The van der Waals surface area contributed by atoms with E-state index in [0.717, 1.165) is 55.0 Å². The van der Waals surface area contributed by atoms with Crippen LogP contribution < -0.4 is 10.6 Å². The first-order valence-electron chi connectivity index (χ1n) is 9.25. The molecule has 1 unspecified atom stereocenters. The number of thiocarbonyl (C=S) groups is 1. The van der Waals surface area contributed by atoms with Crippen molar-refractivity contribution in [3.05, 3.63) is 34.0 Å². The third-order valence-electron chi connectivity index (χ3n) is 4.89. The lowest BCUT2D eigenvalue weighted by atomic mass is 9.88. The molecule has 1 aliphatic carbocycles. The fraction of sp³-hybridized carbons (Fsp3) is 0.526. The van der Waals surface area contributed by atoms with E-state index < -0.39 is 0 Å². The Balaban J connectivity index is 1.60. The number of rotatable bonds is 6. The summed E-state index contributed by atoms with van der Waals surface area (Å²) >= 11 is 7.05. The van der Waals surface area contributed by atoms with E-state index in [1.165, 1.54) is 12.0 Å². The maximum atomic E-state index is 12.3. The topological polar surface area (TPSA) is 68.2 Å². The molecule has 0 bridgehead atoms. The molecule has 2 N–H and O–H groups in total. The van der Waals surface area contributed by atoms with E-state index in [9.17, 15) is 4.79 Å². The van der Waals surface area contributed by atoms with Crippen LogP contribution in [-0.2, 0) is 24.1 Å². The number of ether oxygens (including phenoxy) is 1. The molecule has 0 aliphatic heterocycles. The number of esters is 1. The largest absolute Gasteiger partial charge is 0.465 e. The lowest BCUT2D eigenvalue weighted by Crippen LogP contribution is -2.30. The van der Waals surface area contributed by atoms with Gasteiger partial charge < -0.3 is 15.4 Å². The zero-order valence-corrected chi connectivity index (χ0v) is 17.6. The molecule has 27 heavy (non-hydrogen) atoms. The molecule has 2 aromatic heterocycles. The Morgan fingerprint density at radius 3 is 3.04 bits per heavy atom. The first-order valence-corrected chi connectivity index (χ1v) is 10.5. The van der Waals surface area contributed by atoms with Crippen molar-refractivity contribution in [1.29, 1.82) is 0 Å². The number of methoxy groups -OCH3 is 1. The minimum atomic E-state index is -0.290. The number of aryl methyl sites for hydroxylation is 2. The fourth-order valence-corrected chi connectivity index (χ4v) is 5.04. The van der Waals surface area contributed by atoms with Crippen molar-refractivity contribution in [3.63, 3.8) is 0 Å². The summed E-state index contributed by atoms with van der Waals surface area (Å²) in [6.07, 6.45) is 5.75. The van der Waals surface area contributed by atoms with Crippen LogP contribution in [0.3, 0.4) is 0 Å². The van der Waals surface area contributed by atoms with Crippen molar-refractivity contribution in [2.75, 3.05) is 19.0 Å². The van der Waals surface area contributed by atoms with Gasteiger partial charge in [0.1, 0.15) is 5.00 Å². The summed E-state index contributed by atoms with van der Waals surface area (Å²) in [6.45, 7) is 5.87. The predicted octanol–water partition coefficient (Wildman–Crippen LogP) is 3.54. The second kappa shape index (κ2) is 8.84. The summed E-state index contributed by atoms with van der Waals surface area (Å²) in [5.41, 5.74) is 2.93. The van der Waals surface area contributed by atoms with Crippen LogP contribution in [0.25, 0.3) is 0 Å². The first-order chi connectivity index (χ1) is 13.0. The molecular formula is C19H26N4O2S2. The third kappa shape index (κ3) is 4.68. The monoisotopic (exact) mass is 406 g/mol. The number of hydrogen-bond donors (Lipinski definition) is 2. The van der Waals surface area contributed by atoms with Crippen molar-refractivity contribution in [2.45, 2.75) is 46.1 Å². The average Bonchev–Trinajstić information content (AvgIpc) is 3.20. The SMILES string of the molecule is COC(=O)c1c(NC(=S)NCCCn2nccc2C)sc2c1CCC(C)C2. The number of thiophene rings is 1. The van der Waals surface area contributed by atoms with E-state index in [1.807, 2.05) is 23.9 Å². The third-order valence-corrected chi connectivity index (χ3v) is 6.31. The number of anilines is 1. The highest BCUT2D eigenvalue weighted by Gasteiger charge is 2.28. The second-order valence-corrected chi connectivity index (χ2v) is 8.49. The maximum absolute atomic E-state index is 12.3. The Bertz CT molecular complexity index is 828. The van der Waals surface area contributed by atoms with Crippen LogP contribution in [0.4, 0.5) is 5.00 Å². The van der Waals surface area contributed by atoms with Crippen LogP contribution in [0.2, 0.25) is 0 Å². The molecule has 0 saturated heterocycles. The summed E-state index contributed by atoms with van der Waals surface area (Å²) in [5, 5.41) is 12.0. The van der Waals surface area contributed by atoms with E-state index in [0.29, 0.717) is 16.6 Å². The van der Waals surface area contributed by atoms with Crippen LogP contribution in [0.1, 0.15) is 46.3 Å². The van der Waals surface area contributed by atoms with Gasteiger partial charge in [-0.3, -0.25) is 4.68 Å². The minimum Gasteiger partial charge on any atom is -0.465 e. The van der Waals surface area contributed by atoms with Gasteiger partial charge in [0.2, 0.25) is 0 Å². The Morgan fingerprint density at radius 2 is 2.33 bits per heavy atom. The van der Waals surface area contributed by atoms with Crippen LogP contribution in [0.15, 0.2) is 12.3 Å². The quantitative estimate of drug-likeness (QED) is 0.434. The number of carbonyl (C=O) groups is 1. The van der Waals surface area contributed by atoms with Crippen molar-refractivity contribution < 1.29 is 9.53 Å². The minimum absolute atomic E-state index is 0.290. The van der Waals surface area contributed by atoms with E-state index in [2.05, 4.69) is 22.7 Å². The Morgan fingerprint density at radius 1 is 1.52 bits per heavy atom. The van der Waals surface area contributed by atoms with Gasteiger partial charge in [-0.25, -0.2) is 4.79 Å². The van der Waals surface area contributed by atoms with Crippen LogP contribution in [0.5, 0.6) is 0 Å². The number of nitrogens with zero attached hydrogens (tertiary/aromatic N) is 2. The van der Waals surface area contributed by atoms with Gasteiger partial charge in [0, 0.05) is 29.9 Å². The Hall–Kier alpha value is -1.93. The molecule has 3 rings (SSSR count). The molecule has 0 spiro atoms. The normalized spacial score (nSPS) is 15.9. The number of hydrogen-bond acceptors (Lipinski definition) is 5. The lowest BCUT2D eigenvalue weighted by molar-refractivity contribution is 0.0601. The number of fused-ring (bicyclic) bond motifs is 1. The predicted molar refractivity (Wildman–Crippen MR) is 113 cm³/mol. The Labute approximate surface area is 169 Å². The van der Waals surface area contributed by atoms with E-state index in [4.69, 9.17) is 17.0 Å². The summed E-state index contributed by atoms with van der Waals surface area (Å²) < 4.78 is 6.99. The van der Waals surface area contributed by atoms with Crippen LogP contribution in [0, 0.1) is 12.8 Å². The molecule has 0 saturated carbocycles.